The molecule has 0 unspecified atom stereocenters. The molecule has 0 aromatic carbocycles. The van der Waals surface area contributed by atoms with Crippen LogP contribution in [0.3, 0.4) is 0 Å². The van der Waals surface area contributed by atoms with Gasteiger partial charge in [0.05, 0.1) is 16.4 Å². The minimum absolute atomic E-state index is 0.239. The van der Waals surface area contributed by atoms with Gasteiger partial charge in [0, 0.05) is 12.4 Å². The molecule has 1 aliphatic carbocycles. The third kappa shape index (κ3) is 2.70. The van der Waals surface area contributed by atoms with Crippen LogP contribution in [0.25, 0.3) is 0 Å². The minimum Gasteiger partial charge on any atom is -0.268 e. The molecule has 0 N–H and O–H groups in total. The van der Waals surface area contributed by atoms with Crippen LogP contribution in [0.1, 0.15) is 50.4 Å². The Bertz CT molecular complexity index is 406. The van der Waals surface area contributed by atoms with E-state index in [0.717, 1.165) is 29.6 Å². The number of hydrogen-bond acceptors (Lipinski definition) is 1. The van der Waals surface area contributed by atoms with Crippen molar-refractivity contribution >= 4 is 23.2 Å². The van der Waals surface area contributed by atoms with Gasteiger partial charge in [0.25, 0.3) is 0 Å². The molecule has 0 atom stereocenters. The molecule has 1 saturated carbocycles. The lowest BCUT2D eigenvalue weighted by molar-refractivity contribution is 0.214. The molecule has 0 spiro atoms. The van der Waals surface area contributed by atoms with Crippen LogP contribution in [0, 0.1) is 12.3 Å². The largest absolute Gasteiger partial charge is 0.268 e. The minimum atomic E-state index is 0.239. The molecule has 18 heavy (non-hydrogen) atoms. The number of aromatic nitrogens is 2. The average molecular weight is 289 g/mol. The van der Waals surface area contributed by atoms with Crippen LogP contribution in [0.4, 0.5) is 0 Å². The van der Waals surface area contributed by atoms with Crippen molar-refractivity contribution in [3.05, 3.63) is 16.4 Å². The van der Waals surface area contributed by atoms with E-state index >= 15 is 0 Å². The fourth-order valence-corrected chi connectivity index (χ4v) is 3.62. The summed E-state index contributed by atoms with van der Waals surface area (Å²) in [5, 5.41) is 5.34. The molecular formula is C14H22Cl2N2. The fourth-order valence-electron chi connectivity index (χ4n) is 3.05. The number of alkyl halides is 1. The predicted molar refractivity (Wildman–Crippen MR) is 77.6 cm³/mol. The lowest BCUT2D eigenvalue weighted by atomic mass is 9.72. The number of aryl methyl sites for hydroxylation is 2. The van der Waals surface area contributed by atoms with Crippen LogP contribution in [0.15, 0.2) is 0 Å². The van der Waals surface area contributed by atoms with Gasteiger partial charge in [-0.05, 0) is 38.5 Å². The summed E-state index contributed by atoms with van der Waals surface area (Å²) in [6.07, 6.45) is 7.36. The summed E-state index contributed by atoms with van der Waals surface area (Å²) in [7, 11) is 0. The zero-order valence-corrected chi connectivity index (χ0v) is 12.8. The molecule has 0 saturated heterocycles. The van der Waals surface area contributed by atoms with Gasteiger partial charge in [-0.2, -0.15) is 5.10 Å². The standard InChI is InChI=1S/C14H22Cl2N2/c1-3-18-12(13(16)11(2)17-18)9-14(10-15)7-5-4-6-8-14/h3-10H2,1-2H3. The summed E-state index contributed by atoms with van der Waals surface area (Å²) in [5.74, 6) is 0.733. The maximum atomic E-state index is 6.40. The van der Waals surface area contributed by atoms with Crippen LogP contribution in [0.5, 0.6) is 0 Å². The highest BCUT2D eigenvalue weighted by Gasteiger charge is 2.33. The van der Waals surface area contributed by atoms with Gasteiger partial charge in [0.1, 0.15) is 0 Å². The third-order valence-corrected chi connectivity index (χ3v) is 5.25. The smallest absolute Gasteiger partial charge is 0.0847 e. The van der Waals surface area contributed by atoms with Crippen molar-refractivity contribution < 1.29 is 0 Å². The van der Waals surface area contributed by atoms with Crippen LogP contribution in [-0.2, 0) is 13.0 Å². The first kappa shape index (κ1) is 14.2. The van der Waals surface area contributed by atoms with E-state index in [-0.39, 0.29) is 5.41 Å². The van der Waals surface area contributed by atoms with Crippen LogP contribution >= 0.6 is 23.2 Å². The molecule has 2 rings (SSSR count). The topological polar surface area (TPSA) is 17.8 Å². The lowest BCUT2D eigenvalue weighted by Crippen LogP contribution is -2.29. The first-order valence-electron chi connectivity index (χ1n) is 6.89. The first-order chi connectivity index (χ1) is 8.62. The molecule has 1 aliphatic rings. The molecule has 1 fully saturated rings. The monoisotopic (exact) mass is 288 g/mol. The van der Waals surface area contributed by atoms with Crippen molar-refractivity contribution in [1.82, 2.24) is 9.78 Å². The summed E-state index contributed by atoms with van der Waals surface area (Å²) in [4.78, 5) is 0. The maximum absolute atomic E-state index is 6.40. The zero-order valence-electron chi connectivity index (χ0n) is 11.3. The normalized spacial score (nSPS) is 19.1. The summed E-state index contributed by atoms with van der Waals surface area (Å²) >= 11 is 12.7. The summed E-state index contributed by atoms with van der Waals surface area (Å²) in [5.41, 5.74) is 2.36. The van der Waals surface area contributed by atoms with Crippen molar-refractivity contribution in [2.45, 2.75) is 58.9 Å². The molecule has 4 heteroatoms. The molecule has 1 aromatic heterocycles. The van der Waals surface area contributed by atoms with Gasteiger partial charge in [-0.1, -0.05) is 30.9 Å². The average Bonchev–Trinajstić information content (AvgIpc) is 2.67. The third-order valence-electron chi connectivity index (χ3n) is 4.19. The van der Waals surface area contributed by atoms with Crippen molar-refractivity contribution in [3.63, 3.8) is 0 Å². The summed E-state index contributed by atoms with van der Waals surface area (Å²) < 4.78 is 2.04. The molecule has 1 heterocycles. The molecule has 1 aromatic rings. The van der Waals surface area contributed by atoms with Gasteiger partial charge in [0.2, 0.25) is 0 Å². The fraction of sp³-hybridized carbons (Fsp3) is 0.786. The van der Waals surface area contributed by atoms with Crippen LogP contribution in [-0.4, -0.2) is 15.7 Å². The highest BCUT2D eigenvalue weighted by molar-refractivity contribution is 6.31. The van der Waals surface area contributed by atoms with Crippen molar-refractivity contribution in [2.75, 3.05) is 5.88 Å². The Morgan fingerprint density at radius 2 is 1.94 bits per heavy atom. The van der Waals surface area contributed by atoms with Gasteiger partial charge in [-0.25, -0.2) is 0 Å². The van der Waals surface area contributed by atoms with Crippen molar-refractivity contribution in [3.8, 4) is 0 Å². The van der Waals surface area contributed by atoms with E-state index in [2.05, 4.69) is 12.0 Å². The Hall–Kier alpha value is -0.210. The highest BCUT2D eigenvalue weighted by atomic mass is 35.5. The van der Waals surface area contributed by atoms with Crippen LogP contribution in [0.2, 0.25) is 5.02 Å². The molecule has 0 bridgehead atoms. The summed E-state index contributed by atoms with van der Waals surface area (Å²) in [6, 6.07) is 0. The second kappa shape index (κ2) is 5.83. The van der Waals surface area contributed by atoms with E-state index in [1.54, 1.807) is 0 Å². The molecule has 0 radical (unpaired) electrons. The molecule has 0 amide bonds. The summed E-state index contributed by atoms with van der Waals surface area (Å²) in [6.45, 7) is 4.97. The van der Waals surface area contributed by atoms with Gasteiger partial charge in [-0.15, -0.1) is 11.6 Å². The van der Waals surface area contributed by atoms with E-state index in [0.29, 0.717) is 0 Å². The van der Waals surface area contributed by atoms with Crippen molar-refractivity contribution in [2.24, 2.45) is 5.41 Å². The van der Waals surface area contributed by atoms with E-state index in [1.807, 2.05) is 11.6 Å². The van der Waals surface area contributed by atoms with Gasteiger partial charge in [-0.3, -0.25) is 4.68 Å². The highest BCUT2D eigenvalue weighted by Crippen LogP contribution is 2.41. The van der Waals surface area contributed by atoms with E-state index in [1.165, 1.54) is 37.8 Å². The number of nitrogens with zero attached hydrogens (tertiary/aromatic N) is 2. The van der Waals surface area contributed by atoms with Crippen molar-refractivity contribution in [1.29, 1.82) is 0 Å². The number of hydrogen-bond donors (Lipinski definition) is 0. The SMILES string of the molecule is CCn1nc(C)c(Cl)c1CC1(CCl)CCCCC1. The second-order valence-electron chi connectivity index (χ2n) is 5.53. The Morgan fingerprint density at radius 3 is 2.50 bits per heavy atom. The predicted octanol–water partition coefficient (Wildman–Crippen LogP) is 4.60. The Balaban J connectivity index is 2.26. The van der Waals surface area contributed by atoms with Gasteiger partial charge >= 0.3 is 0 Å². The second-order valence-corrected chi connectivity index (χ2v) is 6.18. The Morgan fingerprint density at radius 1 is 1.28 bits per heavy atom. The Labute approximate surface area is 120 Å². The lowest BCUT2D eigenvalue weighted by Gasteiger charge is -2.35. The van der Waals surface area contributed by atoms with Gasteiger partial charge in [0.15, 0.2) is 0 Å². The first-order valence-corrected chi connectivity index (χ1v) is 7.81. The number of halogens is 2. The quantitative estimate of drug-likeness (QED) is 0.741. The molecule has 0 aliphatic heterocycles. The maximum Gasteiger partial charge on any atom is 0.0847 e. The Kier molecular flexibility index (Phi) is 4.60. The zero-order chi connectivity index (χ0) is 13.2. The molecule has 2 nitrogen and oxygen atoms in total. The van der Waals surface area contributed by atoms with Gasteiger partial charge < -0.3 is 0 Å². The number of rotatable bonds is 4. The van der Waals surface area contributed by atoms with E-state index in [4.69, 9.17) is 23.2 Å². The van der Waals surface area contributed by atoms with E-state index < -0.39 is 0 Å². The van der Waals surface area contributed by atoms with E-state index in [9.17, 15) is 0 Å². The molecular weight excluding hydrogens is 267 g/mol. The van der Waals surface area contributed by atoms with Crippen LogP contribution < -0.4 is 0 Å². The molecule has 102 valence electrons.